The first kappa shape index (κ1) is 26.2. The Morgan fingerprint density at radius 3 is 2.66 bits per heavy atom. The van der Waals surface area contributed by atoms with Crippen molar-refractivity contribution in [2.45, 2.75) is 65.0 Å². The molecule has 5 rings (SSSR count). The van der Waals surface area contributed by atoms with E-state index in [-0.39, 0.29) is 17.9 Å². The van der Waals surface area contributed by atoms with Crippen LogP contribution < -0.4 is 10.1 Å². The Morgan fingerprint density at radius 1 is 1.11 bits per heavy atom. The number of carboxylic acids is 1. The number of carbonyl (C=O) groups excluding carboxylic acids is 1. The van der Waals surface area contributed by atoms with E-state index in [1.807, 2.05) is 54.5 Å². The fourth-order valence-electron chi connectivity index (χ4n) is 5.37. The fourth-order valence-corrected chi connectivity index (χ4v) is 6.16. The van der Waals surface area contributed by atoms with Gasteiger partial charge in [-0.25, -0.2) is 4.98 Å². The van der Waals surface area contributed by atoms with Crippen LogP contribution in [0, 0.1) is 19.8 Å². The molecule has 2 atom stereocenters. The Bertz CT molecular complexity index is 1310. The molecule has 1 aliphatic carbocycles. The molecule has 1 saturated carbocycles. The van der Waals surface area contributed by atoms with Gasteiger partial charge >= 0.3 is 5.97 Å². The molecule has 1 saturated heterocycles. The van der Waals surface area contributed by atoms with Crippen LogP contribution in [0.2, 0.25) is 0 Å². The number of carboxylic acid groups (broad SMARTS) is 1. The zero-order chi connectivity index (χ0) is 26.6. The minimum atomic E-state index is -0.714. The summed E-state index contributed by atoms with van der Waals surface area (Å²) in [5.41, 5.74) is 5.71. The van der Waals surface area contributed by atoms with Crippen molar-refractivity contribution >= 4 is 28.3 Å². The molecule has 1 amide bonds. The van der Waals surface area contributed by atoms with Crippen LogP contribution in [0.3, 0.4) is 0 Å². The van der Waals surface area contributed by atoms with Crippen LogP contribution in [-0.4, -0.2) is 46.0 Å². The highest BCUT2D eigenvalue weighted by Crippen LogP contribution is 2.35. The maximum Gasteiger partial charge on any atom is 0.306 e. The molecule has 2 aromatic carbocycles. The van der Waals surface area contributed by atoms with Gasteiger partial charge in [-0.3, -0.25) is 9.59 Å². The second-order valence-corrected chi connectivity index (χ2v) is 11.4. The number of aryl methyl sites for hydroxylation is 2. The number of rotatable bonds is 8. The van der Waals surface area contributed by atoms with E-state index in [2.05, 4.69) is 11.4 Å². The van der Waals surface area contributed by atoms with E-state index in [1.54, 1.807) is 0 Å². The zero-order valence-electron chi connectivity index (χ0n) is 22.0. The summed E-state index contributed by atoms with van der Waals surface area (Å²) in [6, 6.07) is 12.1. The number of anilines is 1. The first-order chi connectivity index (χ1) is 18.4. The van der Waals surface area contributed by atoms with Crippen molar-refractivity contribution < 1.29 is 19.4 Å². The molecule has 3 aromatic rings. The summed E-state index contributed by atoms with van der Waals surface area (Å²) in [5, 5.41) is 15.5. The largest absolute Gasteiger partial charge is 0.488 e. The molecule has 2 N–H and O–H groups in total. The third-order valence-electron chi connectivity index (χ3n) is 7.64. The van der Waals surface area contributed by atoms with Gasteiger partial charge in [-0.2, -0.15) is 0 Å². The minimum Gasteiger partial charge on any atom is -0.488 e. The van der Waals surface area contributed by atoms with Gasteiger partial charge in [-0.1, -0.05) is 17.7 Å². The van der Waals surface area contributed by atoms with Gasteiger partial charge in [0.05, 0.1) is 11.6 Å². The van der Waals surface area contributed by atoms with Crippen LogP contribution in [0.15, 0.2) is 41.8 Å². The van der Waals surface area contributed by atoms with Crippen LogP contribution in [0.4, 0.5) is 5.13 Å². The highest BCUT2D eigenvalue weighted by molar-refractivity contribution is 7.14. The lowest BCUT2D eigenvalue weighted by Crippen LogP contribution is -2.35. The monoisotopic (exact) mass is 533 g/mol. The second kappa shape index (κ2) is 11.6. The van der Waals surface area contributed by atoms with Gasteiger partial charge in [0.1, 0.15) is 12.4 Å². The van der Waals surface area contributed by atoms with Gasteiger partial charge in [-0.05, 0) is 87.8 Å². The molecule has 0 spiro atoms. The van der Waals surface area contributed by atoms with E-state index in [9.17, 15) is 14.7 Å². The number of ether oxygens (including phenoxy) is 1. The normalized spacial score (nSPS) is 19.4. The van der Waals surface area contributed by atoms with Crippen molar-refractivity contribution in [2.24, 2.45) is 5.92 Å². The number of aliphatic carboxylic acids is 1. The van der Waals surface area contributed by atoms with Crippen molar-refractivity contribution in [3.8, 4) is 17.0 Å². The average molecular weight is 534 g/mol. The number of carbonyl (C=O) groups is 2. The SMILES string of the molecule is Cc1ccc(OCc2ccc(C(=O)N3CCCCC3)cc2C)c(-c2csc(N[C@@H]3CC[C@H](C(=O)O)C3)n2)c1. The van der Waals surface area contributed by atoms with Gasteiger partial charge in [0, 0.05) is 35.6 Å². The Hall–Kier alpha value is -3.39. The van der Waals surface area contributed by atoms with E-state index < -0.39 is 5.97 Å². The fraction of sp³-hybridized carbons (Fsp3) is 0.433. The minimum absolute atomic E-state index is 0.116. The molecular weight excluding hydrogens is 498 g/mol. The van der Waals surface area contributed by atoms with Crippen molar-refractivity contribution in [1.29, 1.82) is 0 Å². The van der Waals surface area contributed by atoms with Crippen molar-refractivity contribution in [1.82, 2.24) is 9.88 Å². The molecule has 2 aliphatic rings. The Morgan fingerprint density at radius 2 is 1.92 bits per heavy atom. The Labute approximate surface area is 227 Å². The lowest BCUT2D eigenvalue weighted by molar-refractivity contribution is -0.141. The maximum atomic E-state index is 12.9. The van der Waals surface area contributed by atoms with Gasteiger partial charge in [0.2, 0.25) is 0 Å². The molecule has 8 heteroatoms. The quantitative estimate of drug-likeness (QED) is 0.353. The number of amides is 1. The standard InChI is InChI=1S/C30H35N3O4S/c1-19-6-11-27(25(14-19)26-18-38-30(32-26)31-24-10-9-22(16-24)29(35)36)37-17-23-8-7-21(15-20(23)2)28(34)33-12-4-3-5-13-33/h6-8,11,14-15,18,22,24H,3-5,9-10,12-13,16-17H2,1-2H3,(H,31,32)(H,35,36)/t22-,24+/m0/s1. The third kappa shape index (κ3) is 6.01. The number of piperidine rings is 1. The van der Waals surface area contributed by atoms with E-state index >= 15 is 0 Å². The van der Waals surface area contributed by atoms with E-state index in [0.717, 1.165) is 76.7 Å². The highest BCUT2D eigenvalue weighted by Gasteiger charge is 2.30. The van der Waals surface area contributed by atoms with Crippen LogP contribution in [-0.2, 0) is 11.4 Å². The number of likely N-dealkylation sites (tertiary alicyclic amines) is 1. The average Bonchev–Trinajstić information content (AvgIpc) is 3.59. The Balaban J connectivity index is 1.26. The summed E-state index contributed by atoms with van der Waals surface area (Å²) >= 11 is 1.53. The number of benzene rings is 2. The van der Waals surface area contributed by atoms with Gasteiger partial charge < -0.3 is 20.1 Å². The smallest absolute Gasteiger partial charge is 0.306 e. The number of hydrogen-bond donors (Lipinski definition) is 2. The molecule has 2 heterocycles. The predicted octanol–water partition coefficient (Wildman–Crippen LogP) is 6.30. The molecular formula is C30H35N3O4S. The van der Waals surface area contributed by atoms with Gasteiger partial charge in [0.15, 0.2) is 5.13 Å². The third-order valence-corrected chi connectivity index (χ3v) is 8.41. The summed E-state index contributed by atoms with van der Waals surface area (Å²) in [4.78, 5) is 30.9. The predicted molar refractivity (Wildman–Crippen MR) is 150 cm³/mol. The number of thiazole rings is 1. The van der Waals surface area contributed by atoms with Crippen LogP contribution >= 0.6 is 11.3 Å². The van der Waals surface area contributed by atoms with Crippen molar-refractivity contribution in [2.75, 3.05) is 18.4 Å². The lowest BCUT2D eigenvalue weighted by atomic mass is 10.0. The van der Waals surface area contributed by atoms with E-state index in [0.29, 0.717) is 19.4 Å². The summed E-state index contributed by atoms with van der Waals surface area (Å²) in [6.45, 7) is 6.16. The number of hydrogen-bond acceptors (Lipinski definition) is 6. The number of aromatic nitrogens is 1. The number of nitrogens with one attached hydrogen (secondary N) is 1. The molecule has 1 aliphatic heterocycles. The first-order valence-electron chi connectivity index (χ1n) is 13.4. The summed E-state index contributed by atoms with van der Waals surface area (Å²) in [5.74, 6) is -0.115. The molecule has 7 nitrogen and oxygen atoms in total. The van der Waals surface area contributed by atoms with Gasteiger partial charge in [-0.15, -0.1) is 11.3 Å². The van der Waals surface area contributed by atoms with Crippen LogP contribution in [0.1, 0.15) is 65.6 Å². The zero-order valence-corrected chi connectivity index (χ0v) is 22.9. The van der Waals surface area contributed by atoms with Crippen LogP contribution in [0.25, 0.3) is 11.3 Å². The van der Waals surface area contributed by atoms with E-state index in [1.165, 1.54) is 17.8 Å². The second-order valence-electron chi connectivity index (χ2n) is 10.5. The molecule has 200 valence electrons. The topological polar surface area (TPSA) is 91.8 Å². The molecule has 0 bridgehead atoms. The van der Waals surface area contributed by atoms with E-state index in [4.69, 9.17) is 9.72 Å². The molecule has 0 unspecified atom stereocenters. The summed E-state index contributed by atoms with van der Waals surface area (Å²) in [6.07, 6.45) is 5.54. The molecule has 2 fully saturated rings. The summed E-state index contributed by atoms with van der Waals surface area (Å²) in [7, 11) is 0. The highest BCUT2D eigenvalue weighted by atomic mass is 32.1. The summed E-state index contributed by atoms with van der Waals surface area (Å²) < 4.78 is 6.30. The molecule has 0 radical (unpaired) electrons. The molecule has 1 aromatic heterocycles. The maximum absolute atomic E-state index is 12.9. The van der Waals surface area contributed by atoms with Crippen molar-refractivity contribution in [3.05, 3.63) is 64.0 Å². The first-order valence-corrected chi connectivity index (χ1v) is 14.3. The lowest BCUT2D eigenvalue weighted by Gasteiger charge is -2.27. The van der Waals surface area contributed by atoms with Crippen molar-refractivity contribution in [3.63, 3.8) is 0 Å². The Kier molecular flexibility index (Phi) is 7.98. The number of nitrogens with zero attached hydrogens (tertiary/aromatic N) is 2. The van der Waals surface area contributed by atoms with Crippen LogP contribution in [0.5, 0.6) is 5.75 Å². The van der Waals surface area contributed by atoms with Gasteiger partial charge in [0.25, 0.3) is 5.91 Å². The molecule has 38 heavy (non-hydrogen) atoms.